The largest absolute Gasteiger partial charge is 0.492 e. The lowest BCUT2D eigenvalue weighted by atomic mass is 10.2. The number of carbonyl (C=O) groups excluding carboxylic acids is 1. The number of para-hydroxylation sites is 2. The molecule has 6 nitrogen and oxygen atoms in total. The Kier molecular flexibility index (Phi) is 5.31. The van der Waals surface area contributed by atoms with Gasteiger partial charge in [-0.2, -0.15) is 0 Å². The molecule has 0 saturated heterocycles. The fourth-order valence-electron chi connectivity index (χ4n) is 2.34. The number of benzene rings is 1. The summed E-state index contributed by atoms with van der Waals surface area (Å²) in [6.45, 7) is 2.81. The number of hydrogen-bond donors (Lipinski definition) is 2. The summed E-state index contributed by atoms with van der Waals surface area (Å²) in [6, 6.07) is 14.4. The monoisotopic (exact) mass is 337 g/mol. The Balaban J connectivity index is 1.60. The van der Waals surface area contributed by atoms with Gasteiger partial charge in [-0.05, 0) is 48.9 Å². The maximum Gasteiger partial charge on any atom is 0.319 e. The summed E-state index contributed by atoms with van der Waals surface area (Å²) < 4.78 is 10.8. The zero-order valence-corrected chi connectivity index (χ0v) is 13.9. The summed E-state index contributed by atoms with van der Waals surface area (Å²) in [7, 11) is 0. The molecule has 0 bridgehead atoms. The van der Waals surface area contributed by atoms with Crippen LogP contribution in [-0.2, 0) is 6.54 Å². The van der Waals surface area contributed by atoms with E-state index in [4.69, 9.17) is 9.15 Å². The Labute approximate surface area is 145 Å². The number of amides is 2. The normalized spacial score (nSPS) is 10.3. The van der Waals surface area contributed by atoms with Crippen molar-refractivity contribution < 1.29 is 13.9 Å². The molecule has 128 valence electrons. The lowest BCUT2D eigenvalue weighted by Gasteiger charge is -2.12. The molecule has 3 aromatic rings. The second kappa shape index (κ2) is 8.01. The molecule has 2 N–H and O–H groups in total. The van der Waals surface area contributed by atoms with Crippen molar-refractivity contribution >= 4 is 11.7 Å². The number of furan rings is 1. The van der Waals surface area contributed by atoms with Gasteiger partial charge in [-0.15, -0.1) is 0 Å². The van der Waals surface area contributed by atoms with Crippen LogP contribution >= 0.6 is 0 Å². The molecule has 0 fully saturated rings. The van der Waals surface area contributed by atoms with Gasteiger partial charge in [-0.25, -0.2) is 4.79 Å². The second-order valence-corrected chi connectivity index (χ2v) is 5.26. The van der Waals surface area contributed by atoms with Gasteiger partial charge in [0.05, 0.1) is 18.6 Å². The predicted octanol–water partition coefficient (Wildman–Crippen LogP) is 4.06. The van der Waals surface area contributed by atoms with E-state index in [-0.39, 0.29) is 6.03 Å². The number of aromatic nitrogens is 1. The van der Waals surface area contributed by atoms with E-state index in [9.17, 15) is 4.79 Å². The fourth-order valence-corrected chi connectivity index (χ4v) is 2.34. The molecule has 0 radical (unpaired) electrons. The van der Waals surface area contributed by atoms with E-state index in [0.717, 1.165) is 11.3 Å². The van der Waals surface area contributed by atoms with Gasteiger partial charge < -0.3 is 19.8 Å². The summed E-state index contributed by atoms with van der Waals surface area (Å²) in [6.07, 6.45) is 3.29. The van der Waals surface area contributed by atoms with Crippen molar-refractivity contribution in [2.45, 2.75) is 13.5 Å². The summed E-state index contributed by atoms with van der Waals surface area (Å²) in [5.74, 6) is 1.33. The van der Waals surface area contributed by atoms with Crippen molar-refractivity contribution in [1.29, 1.82) is 0 Å². The van der Waals surface area contributed by atoms with Crippen LogP contribution in [0, 0.1) is 0 Å². The Bertz CT molecular complexity index is 831. The minimum Gasteiger partial charge on any atom is -0.492 e. The van der Waals surface area contributed by atoms with Crippen molar-refractivity contribution in [2.75, 3.05) is 11.9 Å². The van der Waals surface area contributed by atoms with Crippen molar-refractivity contribution in [2.24, 2.45) is 0 Å². The molecule has 0 atom stereocenters. The molecule has 0 aliphatic rings. The number of nitrogens with one attached hydrogen (secondary N) is 2. The Hall–Kier alpha value is -3.28. The number of rotatable bonds is 6. The van der Waals surface area contributed by atoms with Gasteiger partial charge in [0, 0.05) is 12.7 Å². The predicted molar refractivity (Wildman–Crippen MR) is 95.4 cm³/mol. The van der Waals surface area contributed by atoms with E-state index in [0.29, 0.717) is 30.3 Å². The number of urea groups is 1. The van der Waals surface area contributed by atoms with E-state index in [1.165, 1.54) is 0 Å². The standard InChI is InChI=1S/C19H19N3O3/c1-2-24-17-7-4-3-6-15(17)22-19(23)21-13-14-9-10-20-16(12-14)18-8-5-11-25-18/h3-12H,2,13H2,1H3,(H2,21,22,23). The highest BCUT2D eigenvalue weighted by Gasteiger charge is 2.08. The first-order chi connectivity index (χ1) is 12.3. The van der Waals surface area contributed by atoms with Gasteiger partial charge in [0.25, 0.3) is 0 Å². The van der Waals surface area contributed by atoms with Gasteiger partial charge in [0.2, 0.25) is 0 Å². The quantitative estimate of drug-likeness (QED) is 0.711. The molecular formula is C19H19N3O3. The number of nitrogens with zero attached hydrogens (tertiary/aromatic N) is 1. The minimum absolute atomic E-state index is 0.302. The summed E-state index contributed by atoms with van der Waals surface area (Å²) in [5.41, 5.74) is 2.29. The molecule has 2 heterocycles. The number of anilines is 1. The van der Waals surface area contributed by atoms with Gasteiger partial charge in [-0.3, -0.25) is 4.98 Å². The average molecular weight is 337 g/mol. The van der Waals surface area contributed by atoms with Crippen molar-refractivity contribution in [3.05, 3.63) is 66.6 Å². The van der Waals surface area contributed by atoms with E-state index in [2.05, 4.69) is 15.6 Å². The smallest absolute Gasteiger partial charge is 0.319 e. The molecule has 0 saturated carbocycles. The van der Waals surface area contributed by atoms with E-state index in [1.807, 2.05) is 49.4 Å². The molecule has 0 aliphatic heterocycles. The third-order valence-electron chi connectivity index (χ3n) is 3.49. The van der Waals surface area contributed by atoms with Crippen LogP contribution in [-0.4, -0.2) is 17.6 Å². The van der Waals surface area contributed by atoms with Crippen LogP contribution in [0.2, 0.25) is 0 Å². The van der Waals surface area contributed by atoms with Crippen LogP contribution in [0.5, 0.6) is 5.75 Å². The molecule has 0 unspecified atom stereocenters. The van der Waals surface area contributed by atoms with Crippen LogP contribution in [0.25, 0.3) is 11.5 Å². The zero-order chi connectivity index (χ0) is 17.5. The van der Waals surface area contributed by atoms with Crippen LogP contribution in [0.15, 0.2) is 65.4 Å². The number of ether oxygens (including phenoxy) is 1. The van der Waals surface area contributed by atoms with E-state index >= 15 is 0 Å². The van der Waals surface area contributed by atoms with E-state index in [1.54, 1.807) is 18.5 Å². The average Bonchev–Trinajstić information content (AvgIpc) is 3.17. The molecule has 25 heavy (non-hydrogen) atoms. The highest BCUT2D eigenvalue weighted by molar-refractivity contribution is 5.90. The SMILES string of the molecule is CCOc1ccccc1NC(=O)NCc1ccnc(-c2ccco2)c1. The topological polar surface area (TPSA) is 76.4 Å². The first kappa shape index (κ1) is 16.6. The maximum atomic E-state index is 12.1. The van der Waals surface area contributed by atoms with Gasteiger partial charge in [0.1, 0.15) is 11.4 Å². The van der Waals surface area contributed by atoms with Crippen molar-refractivity contribution in [3.8, 4) is 17.2 Å². The van der Waals surface area contributed by atoms with Crippen LogP contribution in [0.3, 0.4) is 0 Å². The second-order valence-electron chi connectivity index (χ2n) is 5.26. The van der Waals surface area contributed by atoms with E-state index < -0.39 is 0 Å². The molecule has 3 rings (SSSR count). The highest BCUT2D eigenvalue weighted by atomic mass is 16.5. The first-order valence-corrected chi connectivity index (χ1v) is 8.01. The highest BCUT2D eigenvalue weighted by Crippen LogP contribution is 2.23. The summed E-state index contributed by atoms with van der Waals surface area (Å²) in [5, 5.41) is 5.62. The third-order valence-corrected chi connectivity index (χ3v) is 3.49. The molecular weight excluding hydrogens is 318 g/mol. The number of pyridine rings is 1. The summed E-state index contributed by atoms with van der Waals surface area (Å²) >= 11 is 0. The van der Waals surface area contributed by atoms with Crippen LogP contribution in [0.4, 0.5) is 10.5 Å². The van der Waals surface area contributed by atoms with Crippen LogP contribution in [0.1, 0.15) is 12.5 Å². The lowest BCUT2D eigenvalue weighted by Crippen LogP contribution is -2.28. The molecule has 6 heteroatoms. The Morgan fingerprint density at radius 2 is 2.08 bits per heavy atom. The molecule has 0 spiro atoms. The minimum atomic E-state index is -0.302. The van der Waals surface area contributed by atoms with Gasteiger partial charge in [-0.1, -0.05) is 12.1 Å². The first-order valence-electron chi connectivity index (χ1n) is 8.01. The molecule has 1 aromatic carbocycles. The molecule has 2 amide bonds. The molecule has 2 aromatic heterocycles. The Morgan fingerprint density at radius 1 is 1.20 bits per heavy atom. The Morgan fingerprint density at radius 3 is 2.88 bits per heavy atom. The summed E-state index contributed by atoms with van der Waals surface area (Å²) in [4.78, 5) is 16.4. The molecule has 0 aliphatic carbocycles. The van der Waals surface area contributed by atoms with Gasteiger partial charge in [0.15, 0.2) is 5.76 Å². The number of carbonyl (C=O) groups is 1. The van der Waals surface area contributed by atoms with Crippen LogP contribution < -0.4 is 15.4 Å². The fraction of sp³-hybridized carbons (Fsp3) is 0.158. The van der Waals surface area contributed by atoms with Crippen molar-refractivity contribution in [1.82, 2.24) is 10.3 Å². The van der Waals surface area contributed by atoms with Crippen molar-refractivity contribution in [3.63, 3.8) is 0 Å². The third kappa shape index (κ3) is 4.38. The maximum absolute atomic E-state index is 12.1. The lowest BCUT2D eigenvalue weighted by molar-refractivity contribution is 0.251. The number of hydrogen-bond acceptors (Lipinski definition) is 4. The zero-order valence-electron chi connectivity index (χ0n) is 13.9. The van der Waals surface area contributed by atoms with Gasteiger partial charge >= 0.3 is 6.03 Å².